The van der Waals surface area contributed by atoms with E-state index in [1.54, 1.807) is 0 Å². The maximum absolute atomic E-state index is 12.4. The van der Waals surface area contributed by atoms with E-state index in [0.29, 0.717) is 12.5 Å². The van der Waals surface area contributed by atoms with Gasteiger partial charge in [-0.2, -0.15) is 0 Å². The smallest absolute Gasteiger partial charge is 0.252 e. The lowest BCUT2D eigenvalue weighted by molar-refractivity contribution is -0.141. The fourth-order valence-electron chi connectivity index (χ4n) is 2.94. The van der Waals surface area contributed by atoms with Crippen LogP contribution in [0.25, 0.3) is 0 Å². The summed E-state index contributed by atoms with van der Waals surface area (Å²) in [6.45, 7) is 4.85. The number of nitrogens with one attached hydrogen (secondary N) is 1. The van der Waals surface area contributed by atoms with Crippen LogP contribution in [0.4, 0.5) is 0 Å². The number of alkyl halides is 1. The van der Waals surface area contributed by atoms with Crippen molar-refractivity contribution in [1.82, 2.24) is 5.32 Å². The van der Waals surface area contributed by atoms with Gasteiger partial charge in [0.05, 0.1) is 5.54 Å². The van der Waals surface area contributed by atoms with Gasteiger partial charge >= 0.3 is 0 Å². The highest BCUT2D eigenvalue weighted by molar-refractivity contribution is 6.18. The van der Waals surface area contributed by atoms with E-state index in [1.807, 2.05) is 6.92 Å². The zero-order valence-corrected chi connectivity index (χ0v) is 12.2. The van der Waals surface area contributed by atoms with Crippen molar-refractivity contribution in [2.24, 2.45) is 5.92 Å². The third-order valence-electron chi connectivity index (χ3n) is 4.56. The summed E-state index contributed by atoms with van der Waals surface area (Å²) in [7, 11) is 0. The highest BCUT2D eigenvalue weighted by atomic mass is 35.5. The fourth-order valence-corrected chi connectivity index (χ4v) is 3.27. The van der Waals surface area contributed by atoms with Gasteiger partial charge in [0.25, 0.3) is 5.91 Å². The Balaban J connectivity index is 1.99. The van der Waals surface area contributed by atoms with Gasteiger partial charge in [0.2, 0.25) is 0 Å². The molecule has 0 spiro atoms. The molecule has 1 amide bonds. The molecule has 2 rings (SSSR count). The molecule has 0 aromatic rings. The maximum Gasteiger partial charge on any atom is 0.252 e. The third kappa shape index (κ3) is 2.83. The van der Waals surface area contributed by atoms with E-state index in [4.69, 9.17) is 16.3 Å². The molecule has 1 aliphatic carbocycles. The van der Waals surface area contributed by atoms with Crippen LogP contribution in [-0.2, 0) is 9.53 Å². The molecule has 0 aromatic carbocycles. The molecule has 1 N–H and O–H groups in total. The molecule has 1 saturated heterocycles. The Bertz CT molecular complexity index is 305. The largest absolute Gasteiger partial charge is 0.365 e. The average molecular weight is 274 g/mol. The number of hydrogen-bond acceptors (Lipinski definition) is 2. The monoisotopic (exact) mass is 273 g/mol. The van der Waals surface area contributed by atoms with Crippen LogP contribution in [0.15, 0.2) is 0 Å². The molecule has 0 bridgehead atoms. The molecule has 104 valence electrons. The van der Waals surface area contributed by atoms with Gasteiger partial charge in [-0.3, -0.25) is 4.79 Å². The number of hydrogen-bond donors (Lipinski definition) is 1. The van der Waals surface area contributed by atoms with Crippen LogP contribution in [0.5, 0.6) is 0 Å². The van der Waals surface area contributed by atoms with Crippen molar-refractivity contribution in [3.63, 3.8) is 0 Å². The first kappa shape index (κ1) is 14.1. The predicted molar refractivity (Wildman–Crippen MR) is 72.8 cm³/mol. The molecule has 1 aliphatic heterocycles. The van der Waals surface area contributed by atoms with Crippen LogP contribution in [0.1, 0.15) is 52.4 Å². The first-order chi connectivity index (χ1) is 8.50. The van der Waals surface area contributed by atoms with Crippen molar-refractivity contribution in [1.29, 1.82) is 0 Å². The van der Waals surface area contributed by atoms with E-state index in [1.165, 1.54) is 0 Å². The van der Waals surface area contributed by atoms with Crippen LogP contribution in [0.3, 0.4) is 0 Å². The Morgan fingerprint density at radius 2 is 2.06 bits per heavy atom. The second-order valence-corrected chi connectivity index (χ2v) is 6.50. The lowest BCUT2D eigenvalue weighted by atomic mass is 9.78. The molecular weight excluding hydrogens is 250 g/mol. The van der Waals surface area contributed by atoms with Crippen molar-refractivity contribution in [3.8, 4) is 0 Å². The molecular formula is C14H24ClNO2. The summed E-state index contributed by atoms with van der Waals surface area (Å²) in [5.41, 5.74) is -0.845. The Labute approximate surface area is 115 Å². The minimum absolute atomic E-state index is 0.0233. The molecule has 1 unspecified atom stereocenters. The van der Waals surface area contributed by atoms with Gasteiger partial charge < -0.3 is 10.1 Å². The molecule has 3 nitrogen and oxygen atoms in total. The second-order valence-electron chi connectivity index (χ2n) is 6.23. The van der Waals surface area contributed by atoms with Gasteiger partial charge in [-0.25, -0.2) is 0 Å². The van der Waals surface area contributed by atoms with Crippen LogP contribution in [-0.4, -0.2) is 29.5 Å². The van der Waals surface area contributed by atoms with Crippen LogP contribution < -0.4 is 5.32 Å². The van der Waals surface area contributed by atoms with E-state index >= 15 is 0 Å². The normalized spacial score (nSPS) is 40.7. The molecule has 4 heteroatoms. The van der Waals surface area contributed by atoms with Crippen LogP contribution in [0.2, 0.25) is 0 Å². The molecule has 2 aliphatic rings. The molecule has 2 fully saturated rings. The van der Waals surface area contributed by atoms with Gasteiger partial charge in [-0.15, -0.1) is 11.6 Å². The standard InChI is InChI=1S/C14H24ClNO2/c1-11-4-7-14(10-15,8-5-11)16-12(17)13(2)6-3-9-18-13/h11H,3-10H2,1-2H3,(H,16,17). The van der Waals surface area contributed by atoms with Crippen LogP contribution >= 0.6 is 11.6 Å². The Morgan fingerprint density at radius 1 is 1.39 bits per heavy atom. The molecule has 18 heavy (non-hydrogen) atoms. The minimum Gasteiger partial charge on any atom is -0.365 e. The number of halogens is 1. The quantitative estimate of drug-likeness (QED) is 0.803. The van der Waals surface area contributed by atoms with Crippen molar-refractivity contribution in [2.75, 3.05) is 12.5 Å². The topological polar surface area (TPSA) is 38.3 Å². The molecule has 1 heterocycles. The minimum atomic E-state index is -0.637. The zero-order chi connectivity index (χ0) is 13.2. The summed E-state index contributed by atoms with van der Waals surface area (Å²) < 4.78 is 5.60. The summed E-state index contributed by atoms with van der Waals surface area (Å²) in [6.07, 6.45) is 6.04. The molecule has 0 aromatic heterocycles. The van der Waals surface area contributed by atoms with Crippen molar-refractivity contribution in [2.45, 2.75) is 63.5 Å². The lowest BCUT2D eigenvalue weighted by Crippen LogP contribution is -2.57. The van der Waals surface area contributed by atoms with Gasteiger partial charge in [-0.05, 0) is 51.4 Å². The number of ether oxygens (including phenoxy) is 1. The average Bonchev–Trinajstić information content (AvgIpc) is 2.81. The highest BCUT2D eigenvalue weighted by Gasteiger charge is 2.43. The Hall–Kier alpha value is -0.280. The van der Waals surface area contributed by atoms with E-state index in [0.717, 1.165) is 44.4 Å². The number of amides is 1. The van der Waals surface area contributed by atoms with Gasteiger partial charge in [0.1, 0.15) is 5.60 Å². The van der Waals surface area contributed by atoms with E-state index in [-0.39, 0.29) is 11.4 Å². The first-order valence-corrected chi connectivity index (χ1v) is 7.56. The SMILES string of the molecule is CC1CCC(CCl)(NC(=O)C2(C)CCCO2)CC1. The van der Waals surface area contributed by atoms with E-state index in [2.05, 4.69) is 12.2 Å². The van der Waals surface area contributed by atoms with E-state index in [9.17, 15) is 4.79 Å². The Morgan fingerprint density at radius 3 is 2.56 bits per heavy atom. The molecule has 1 atom stereocenters. The zero-order valence-electron chi connectivity index (χ0n) is 11.4. The van der Waals surface area contributed by atoms with Crippen molar-refractivity contribution >= 4 is 17.5 Å². The third-order valence-corrected chi connectivity index (χ3v) is 5.08. The van der Waals surface area contributed by atoms with Gasteiger partial charge in [0.15, 0.2) is 0 Å². The summed E-state index contributed by atoms with van der Waals surface area (Å²) >= 11 is 6.13. The number of carbonyl (C=O) groups excluding carboxylic acids is 1. The van der Waals surface area contributed by atoms with E-state index < -0.39 is 5.60 Å². The molecule has 1 saturated carbocycles. The fraction of sp³-hybridized carbons (Fsp3) is 0.929. The lowest BCUT2D eigenvalue weighted by Gasteiger charge is -2.40. The summed E-state index contributed by atoms with van der Waals surface area (Å²) in [6, 6.07) is 0. The van der Waals surface area contributed by atoms with Crippen molar-refractivity contribution in [3.05, 3.63) is 0 Å². The summed E-state index contributed by atoms with van der Waals surface area (Å²) in [4.78, 5) is 12.4. The van der Waals surface area contributed by atoms with Crippen LogP contribution in [0, 0.1) is 5.92 Å². The number of rotatable bonds is 3. The highest BCUT2D eigenvalue weighted by Crippen LogP contribution is 2.34. The second kappa shape index (κ2) is 5.38. The predicted octanol–water partition coefficient (Wildman–Crippen LogP) is 2.86. The summed E-state index contributed by atoms with van der Waals surface area (Å²) in [5, 5.41) is 3.19. The summed E-state index contributed by atoms with van der Waals surface area (Å²) in [5.74, 6) is 1.27. The number of carbonyl (C=O) groups is 1. The van der Waals surface area contributed by atoms with Gasteiger partial charge in [0, 0.05) is 12.5 Å². The maximum atomic E-state index is 12.4. The first-order valence-electron chi connectivity index (χ1n) is 7.02. The van der Waals surface area contributed by atoms with Crippen molar-refractivity contribution < 1.29 is 9.53 Å². The Kier molecular flexibility index (Phi) is 4.22. The van der Waals surface area contributed by atoms with Gasteiger partial charge in [-0.1, -0.05) is 6.92 Å². The molecule has 0 radical (unpaired) electrons.